The van der Waals surface area contributed by atoms with Crippen molar-refractivity contribution in [2.45, 2.75) is 31.9 Å². The minimum absolute atomic E-state index is 0. The van der Waals surface area contributed by atoms with Gasteiger partial charge in [-0.05, 0) is 24.8 Å². The second-order valence-electron chi connectivity index (χ2n) is 7.26. The Hall–Kier alpha value is -0.900. The predicted molar refractivity (Wildman–Crippen MR) is 124 cm³/mol. The molecule has 0 amide bonds. The van der Waals surface area contributed by atoms with Gasteiger partial charge in [0.2, 0.25) is 0 Å². The van der Waals surface area contributed by atoms with Crippen molar-refractivity contribution in [2.24, 2.45) is 4.99 Å². The largest absolute Gasteiger partial charge is 0.381 e. The van der Waals surface area contributed by atoms with Crippen molar-refractivity contribution >= 4 is 29.9 Å². The smallest absolute Gasteiger partial charge is 0.193 e. The van der Waals surface area contributed by atoms with Crippen LogP contribution in [0.15, 0.2) is 35.3 Å². The lowest BCUT2D eigenvalue weighted by Gasteiger charge is -2.36. The number of piperazine rings is 1. The highest BCUT2D eigenvalue weighted by Crippen LogP contribution is 2.11. The summed E-state index contributed by atoms with van der Waals surface area (Å²) in [5, 5.41) is 3.49. The molecule has 1 aromatic carbocycles. The van der Waals surface area contributed by atoms with Gasteiger partial charge in [0.15, 0.2) is 5.96 Å². The van der Waals surface area contributed by atoms with Gasteiger partial charge in [-0.15, -0.1) is 24.0 Å². The van der Waals surface area contributed by atoms with E-state index in [4.69, 9.17) is 9.47 Å². The minimum atomic E-state index is 0. The molecule has 0 saturated carbocycles. The first-order valence-electron chi connectivity index (χ1n) is 10.3. The summed E-state index contributed by atoms with van der Waals surface area (Å²) in [4.78, 5) is 9.34. The van der Waals surface area contributed by atoms with Crippen molar-refractivity contribution in [2.75, 3.05) is 59.6 Å². The quantitative estimate of drug-likeness (QED) is 0.269. The second kappa shape index (κ2) is 13.3. The van der Waals surface area contributed by atoms with Crippen molar-refractivity contribution < 1.29 is 9.47 Å². The van der Waals surface area contributed by atoms with E-state index in [-0.39, 0.29) is 24.0 Å². The average Bonchev–Trinajstić information content (AvgIpc) is 2.73. The van der Waals surface area contributed by atoms with Gasteiger partial charge in [-0.25, -0.2) is 0 Å². The number of rotatable bonds is 7. The first kappa shape index (κ1) is 23.4. The Morgan fingerprint density at radius 2 is 1.86 bits per heavy atom. The van der Waals surface area contributed by atoms with Crippen LogP contribution in [-0.2, 0) is 16.0 Å². The van der Waals surface area contributed by atoms with Gasteiger partial charge in [-0.1, -0.05) is 30.3 Å². The molecular weight excluding hydrogens is 467 g/mol. The molecule has 2 heterocycles. The highest BCUT2D eigenvalue weighted by atomic mass is 127. The molecule has 1 N–H and O–H groups in total. The number of aliphatic imine (C=N–C) groups is 1. The van der Waals surface area contributed by atoms with Crippen LogP contribution in [0, 0.1) is 0 Å². The summed E-state index contributed by atoms with van der Waals surface area (Å²) in [6.07, 6.45) is 3.45. The summed E-state index contributed by atoms with van der Waals surface area (Å²) in [6.45, 7) is 8.60. The van der Waals surface area contributed by atoms with E-state index in [2.05, 4.69) is 50.4 Å². The summed E-state index contributed by atoms with van der Waals surface area (Å²) in [7, 11) is 1.87. The highest BCUT2D eigenvalue weighted by molar-refractivity contribution is 14.0. The maximum atomic E-state index is 5.93. The third-order valence-electron chi connectivity index (χ3n) is 5.26. The third kappa shape index (κ3) is 7.85. The number of hydrogen-bond acceptors (Lipinski definition) is 4. The monoisotopic (exact) mass is 502 g/mol. The number of ether oxygens (including phenoxy) is 2. The molecule has 2 aliphatic heterocycles. The molecule has 0 aromatic heterocycles. The van der Waals surface area contributed by atoms with Crippen LogP contribution in [0.25, 0.3) is 0 Å². The van der Waals surface area contributed by atoms with Gasteiger partial charge in [-0.3, -0.25) is 9.89 Å². The molecule has 0 radical (unpaired) electrons. The molecule has 0 bridgehead atoms. The van der Waals surface area contributed by atoms with Crippen LogP contribution in [0.2, 0.25) is 0 Å². The van der Waals surface area contributed by atoms with Crippen molar-refractivity contribution in [3.63, 3.8) is 0 Å². The van der Waals surface area contributed by atoms with E-state index in [9.17, 15) is 0 Å². The minimum Gasteiger partial charge on any atom is -0.381 e. The van der Waals surface area contributed by atoms with Crippen molar-refractivity contribution in [3.8, 4) is 0 Å². The van der Waals surface area contributed by atoms with E-state index in [1.54, 1.807) is 0 Å². The summed E-state index contributed by atoms with van der Waals surface area (Å²) in [5.41, 5.74) is 1.39. The predicted octanol–water partition coefficient (Wildman–Crippen LogP) is 2.58. The molecule has 2 aliphatic rings. The maximum absolute atomic E-state index is 5.93. The van der Waals surface area contributed by atoms with Gasteiger partial charge in [0.25, 0.3) is 0 Å². The molecule has 2 fully saturated rings. The standard InChI is InChI=1S/C21H34N4O2.HI/c1-22-21(23-10-5-15-27-20-8-16-26-17-9-20)25-13-11-24(12-14-25)18-19-6-3-2-4-7-19;/h2-4,6-7,20H,5,8-18H2,1H3,(H,22,23);1H. The SMILES string of the molecule is CN=C(NCCCOC1CCOCC1)N1CCN(Cc2ccccc2)CC1.I. The van der Waals surface area contributed by atoms with E-state index < -0.39 is 0 Å². The van der Waals surface area contributed by atoms with Gasteiger partial charge in [0, 0.05) is 66.1 Å². The first-order valence-corrected chi connectivity index (χ1v) is 10.3. The number of nitrogens with one attached hydrogen (secondary N) is 1. The van der Waals surface area contributed by atoms with E-state index >= 15 is 0 Å². The summed E-state index contributed by atoms with van der Waals surface area (Å²) < 4.78 is 11.3. The molecule has 158 valence electrons. The van der Waals surface area contributed by atoms with Gasteiger partial charge >= 0.3 is 0 Å². The van der Waals surface area contributed by atoms with Crippen LogP contribution < -0.4 is 5.32 Å². The number of guanidine groups is 1. The first-order chi connectivity index (χ1) is 13.3. The number of hydrogen-bond donors (Lipinski definition) is 1. The molecule has 0 atom stereocenters. The van der Waals surface area contributed by atoms with Crippen LogP contribution in [0.3, 0.4) is 0 Å². The van der Waals surface area contributed by atoms with Crippen LogP contribution >= 0.6 is 24.0 Å². The molecule has 2 saturated heterocycles. The summed E-state index contributed by atoms with van der Waals surface area (Å²) in [5.74, 6) is 1.01. The van der Waals surface area contributed by atoms with Gasteiger partial charge in [-0.2, -0.15) is 0 Å². The van der Waals surface area contributed by atoms with Crippen LogP contribution in [-0.4, -0.2) is 81.5 Å². The van der Waals surface area contributed by atoms with Gasteiger partial charge < -0.3 is 19.7 Å². The highest BCUT2D eigenvalue weighted by Gasteiger charge is 2.19. The Morgan fingerprint density at radius 1 is 1.14 bits per heavy atom. The molecule has 0 spiro atoms. The second-order valence-corrected chi connectivity index (χ2v) is 7.26. The maximum Gasteiger partial charge on any atom is 0.193 e. The van der Waals surface area contributed by atoms with E-state index in [1.165, 1.54) is 5.56 Å². The van der Waals surface area contributed by atoms with Gasteiger partial charge in [0.1, 0.15) is 0 Å². The van der Waals surface area contributed by atoms with Crippen LogP contribution in [0.5, 0.6) is 0 Å². The Kier molecular flexibility index (Phi) is 11.1. The van der Waals surface area contributed by atoms with Crippen LogP contribution in [0.4, 0.5) is 0 Å². The fourth-order valence-electron chi connectivity index (χ4n) is 3.66. The van der Waals surface area contributed by atoms with Crippen molar-refractivity contribution in [1.29, 1.82) is 0 Å². The number of benzene rings is 1. The molecule has 7 heteroatoms. The van der Waals surface area contributed by atoms with E-state index in [0.717, 1.165) is 84.3 Å². The fraction of sp³-hybridized carbons (Fsp3) is 0.667. The molecule has 0 aliphatic carbocycles. The Labute approximate surface area is 186 Å². The van der Waals surface area contributed by atoms with E-state index in [0.29, 0.717) is 6.10 Å². The fourth-order valence-corrected chi connectivity index (χ4v) is 3.66. The lowest BCUT2D eigenvalue weighted by molar-refractivity contribution is -0.0320. The molecule has 6 nitrogen and oxygen atoms in total. The van der Waals surface area contributed by atoms with Crippen molar-refractivity contribution in [1.82, 2.24) is 15.1 Å². The molecule has 0 unspecified atom stereocenters. The lowest BCUT2D eigenvalue weighted by Crippen LogP contribution is -2.52. The van der Waals surface area contributed by atoms with E-state index in [1.807, 2.05) is 7.05 Å². The molecule has 28 heavy (non-hydrogen) atoms. The number of halogens is 1. The molecule has 1 aromatic rings. The Bertz CT molecular complexity index is 559. The lowest BCUT2D eigenvalue weighted by atomic mass is 10.1. The molecule has 3 rings (SSSR count). The Morgan fingerprint density at radius 3 is 2.54 bits per heavy atom. The zero-order chi connectivity index (χ0) is 18.7. The zero-order valence-corrected chi connectivity index (χ0v) is 19.3. The Balaban J connectivity index is 0.00000280. The zero-order valence-electron chi connectivity index (χ0n) is 17.0. The molecular formula is C21H35IN4O2. The third-order valence-corrected chi connectivity index (χ3v) is 5.26. The average molecular weight is 502 g/mol. The summed E-state index contributed by atoms with van der Waals surface area (Å²) in [6, 6.07) is 10.7. The summed E-state index contributed by atoms with van der Waals surface area (Å²) >= 11 is 0. The van der Waals surface area contributed by atoms with Crippen molar-refractivity contribution in [3.05, 3.63) is 35.9 Å². The normalized spacial score (nSPS) is 19.3. The number of nitrogens with zero attached hydrogens (tertiary/aromatic N) is 3. The van der Waals surface area contributed by atoms with Crippen LogP contribution in [0.1, 0.15) is 24.8 Å². The topological polar surface area (TPSA) is 49.3 Å². The van der Waals surface area contributed by atoms with Gasteiger partial charge in [0.05, 0.1) is 6.10 Å².